The van der Waals surface area contributed by atoms with Gasteiger partial charge < -0.3 is 4.98 Å². The van der Waals surface area contributed by atoms with Crippen LogP contribution in [0.3, 0.4) is 0 Å². The molecule has 0 spiro atoms. The van der Waals surface area contributed by atoms with Crippen molar-refractivity contribution in [2.75, 3.05) is 0 Å². The summed E-state index contributed by atoms with van der Waals surface area (Å²) in [7, 11) is 0. The van der Waals surface area contributed by atoms with Crippen LogP contribution in [0.15, 0.2) is 73.7 Å². The van der Waals surface area contributed by atoms with Crippen LogP contribution in [0.5, 0.6) is 0 Å². The topological polar surface area (TPSA) is 93.1 Å². The number of aromatic nitrogens is 7. The molecule has 4 aromatic rings. The highest BCUT2D eigenvalue weighted by molar-refractivity contribution is 5.07. The number of hydrogen-bond acceptors (Lipinski definition) is 6. The molecule has 0 bridgehead atoms. The predicted octanol–water partition coefficient (Wildman–Crippen LogP) is 10.0. The average molecular weight is 566 g/mol. The first-order chi connectivity index (χ1) is 19.7. The lowest BCUT2D eigenvalue weighted by Gasteiger charge is -2.00. The van der Waals surface area contributed by atoms with Crippen molar-refractivity contribution in [2.24, 2.45) is 0 Å². The van der Waals surface area contributed by atoms with E-state index in [2.05, 4.69) is 90.5 Å². The number of H-pyrrole nitrogens is 1. The molecule has 0 aliphatic carbocycles. The molecule has 0 aliphatic heterocycles. The van der Waals surface area contributed by atoms with Gasteiger partial charge in [-0.05, 0) is 48.1 Å². The minimum atomic E-state index is 0.485. The number of nitrogens with zero attached hydrogens (tertiary/aromatic N) is 6. The summed E-state index contributed by atoms with van der Waals surface area (Å²) in [6.45, 7) is 28.9. The maximum atomic E-state index is 4.18. The largest absolute Gasteiger partial charge is 0.348 e. The molecule has 0 aliphatic rings. The van der Waals surface area contributed by atoms with Crippen LogP contribution in [0.4, 0.5) is 0 Å². The van der Waals surface area contributed by atoms with Gasteiger partial charge in [-0.25, -0.2) is 15.0 Å². The molecule has 41 heavy (non-hydrogen) atoms. The van der Waals surface area contributed by atoms with Crippen LogP contribution >= 0.6 is 0 Å². The highest BCUT2D eigenvalue weighted by Crippen LogP contribution is 2.09. The number of pyridine rings is 1. The zero-order valence-electron chi connectivity index (χ0n) is 28.4. The van der Waals surface area contributed by atoms with E-state index in [4.69, 9.17) is 0 Å². The lowest BCUT2D eigenvalue weighted by molar-refractivity contribution is 0.785. The first-order valence-electron chi connectivity index (χ1n) is 15.2. The fraction of sp³-hybridized carbons (Fsp3) is 0.529. The summed E-state index contributed by atoms with van der Waals surface area (Å²) >= 11 is 0. The van der Waals surface area contributed by atoms with Gasteiger partial charge in [0.25, 0.3) is 0 Å². The van der Waals surface area contributed by atoms with Crippen LogP contribution in [0, 0.1) is 0 Å². The number of aromatic amines is 1. The van der Waals surface area contributed by atoms with Gasteiger partial charge in [0.2, 0.25) is 0 Å². The zero-order chi connectivity index (χ0) is 32.1. The normalized spacial score (nSPS) is 9.12. The van der Waals surface area contributed by atoms with Crippen LogP contribution in [0.25, 0.3) is 0 Å². The molecule has 0 unspecified atom stereocenters. The molecule has 7 nitrogen and oxygen atoms in total. The van der Waals surface area contributed by atoms with Crippen LogP contribution in [-0.2, 0) is 0 Å². The summed E-state index contributed by atoms with van der Waals surface area (Å²) in [6.07, 6.45) is 10.5. The van der Waals surface area contributed by atoms with Crippen LogP contribution in [-0.4, -0.2) is 35.1 Å². The van der Waals surface area contributed by atoms with Gasteiger partial charge in [-0.3, -0.25) is 4.98 Å². The Morgan fingerprint density at radius 1 is 0.512 bits per heavy atom. The van der Waals surface area contributed by atoms with E-state index in [1.807, 2.05) is 90.3 Å². The van der Waals surface area contributed by atoms with E-state index in [9.17, 15) is 0 Å². The van der Waals surface area contributed by atoms with E-state index in [1.165, 1.54) is 0 Å². The monoisotopic (exact) mass is 565 g/mol. The van der Waals surface area contributed by atoms with Crippen molar-refractivity contribution in [1.82, 2.24) is 35.1 Å². The van der Waals surface area contributed by atoms with E-state index in [-0.39, 0.29) is 0 Å². The first kappa shape index (κ1) is 42.0. The molecule has 4 rings (SSSR count). The van der Waals surface area contributed by atoms with Gasteiger partial charge in [-0.2, -0.15) is 10.2 Å². The fourth-order valence-corrected chi connectivity index (χ4v) is 2.57. The van der Waals surface area contributed by atoms with Crippen LogP contribution < -0.4 is 0 Å². The number of nitrogens with one attached hydrogen (secondary N) is 1. The standard InChI is InChI=1S/C8H11N.2C7H10N2.C6H10N2.3C2H6/c1-7(2)8-5-3-4-6-9-8;1-6(2)7-3-4-8-5-9-7;1-6(2)7-4-3-5-8-9-7;1-5(2)6-7-3-4-8-6;3*1-2/h3-7H,1-2H3;2*3-6H,1-2H3;3-5H,1-2H3,(H,7,8);3*1-2H3. The second-order valence-corrected chi connectivity index (χ2v) is 9.13. The molecule has 0 amide bonds. The fourth-order valence-electron chi connectivity index (χ4n) is 2.57. The molecular weight excluding hydrogens is 506 g/mol. The molecule has 0 aromatic carbocycles. The maximum Gasteiger partial charge on any atom is 0.115 e. The Hall–Kier alpha value is -3.48. The Bertz CT molecular complexity index is 884. The molecular formula is C34H59N7. The third-order valence-corrected chi connectivity index (χ3v) is 4.73. The lowest BCUT2D eigenvalue weighted by atomic mass is 10.1. The van der Waals surface area contributed by atoms with Crippen molar-refractivity contribution in [2.45, 2.75) is 121 Å². The van der Waals surface area contributed by atoms with Crippen molar-refractivity contribution in [3.8, 4) is 0 Å². The van der Waals surface area contributed by atoms with Crippen molar-refractivity contribution >= 4 is 0 Å². The Morgan fingerprint density at radius 3 is 1.34 bits per heavy atom. The van der Waals surface area contributed by atoms with Crippen molar-refractivity contribution in [1.29, 1.82) is 0 Å². The van der Waals surface area contributed by atoms with E-state index in [0.717, 1.165) is 22.9 Å². The second-order valence-electron chi connectivity index (χ2n) is 9.13. The molecule has 7 heteroatoms. The Morgan fingerprint density at radius 2 is 1.07 bits per heavy atom. The summed E-state index contributed by atoms with van der Waals surface area (Å²) in [5.41, 5.74) is 3.32. The number of imidazole rings is 1. The molecule has 4 aromatic heterocycles. The van der Waals surface area contributed by atoms with E-state index < -0.39 is 0 Å². The molecule has 0 atom stereocenters. The SMILES string of the molecule is CC.CC.CC.CC(C)c1ccccn1.CC(C)c1cccnn1.CC(C)c1ccncn1.CC(C)c1ncc[nH]1. The summed E-state index contributed by atoms with van der Waals surface area (Å²) in [6, 6.07) is 11.8. The molecule has 230 valence electrons. The Kier molecular flexibility index (Phi) is 30.2. The molecule has 0 saturated carbocycles. The van der Waals surface area contributed by atoms with Crippen LogP contribution in [0.2, 0.25) is 0 Å². The molecule has 4 heterocycles. The third kappa shape index (κ3) is 23.0. The van der Waals surface area contributed by atoms with Gasteiger partial charge in [0.15, 0.2) is 0 Å². The van der Waals surface area contributed by atoms with Gasteiger partial charge in [-0.1, -0.05) is 103 Å². The van der Waals surface area contributed by atoms with Gasteiger partial charge in [-0.15, -0.1) is 0 Å². The van der Waals surface area contributed by atoms with Crippen molar-refractivity contribution < 1.29 is 0 Å². The quantitative estimate of drug-likeness (QED) is 0.264. The molecule has 0 saturated heterocycles. The summed E-state index contributed by atoms with van der Waals surface area (Å²) in [4.78, 5) is 19.1. The summed E-state index contributed by atoms with van der Waals surface area (Å²) in [5.74, 6) is 3.12. The highest BCUT2D eigenvalue weighted by Gasteiger charge is 1.98. The molecule has 0 fully saturated rings. The second kappa shape index (κ2) is 29.5. The smallest absolute Gasteiger partial charge is 0.115 e. The first-order valence-corrected chi connectivity index (χ1v) is 15.2. The zero-order valence-corrected chi connectivity index (χ0v) is 28.4. The van der Waals surface area contributed by atoms with Crippen molar-refractivity contribution in [3.05, 3.63) is 96.6 Å². The average Bonchev–Trinajstić information content (AvgIpc) is 3.58. The third-order valence-electron chi connectivity index (χ3n) is 4.73. The van der Waals surface area contributed by atoms with Crippen molar-refractivity contribution in [3.63, 3.8) is 0 Å². The van der Waals surface area contributed by atoms with Crippen LogP contribution in [0.1, 0.15) is 144 Å². The molecule has 0 radical (unpaired) electrons. The van der Waals surface area contributed by atoms with E-state index in [1.54, 1.807) is 24.9 Å². The Balaban J connectivity index is -0.000000442. The summed E-state index contributed by atoms with van der Waals surface area (Å²) in [5, 5.41) is 7.68. The maximum absolute atomic E-state index is 4.18. The minimum Gasteiger partial charge on any atom is -0.348 e. The van der Waals surface area contributed by atoms with E-state index in [0.29, 0.717) is 23.7 Å². The number of rotatable bonds is 4. The Labute approximate surface area is 252 Å². The molecule has 1 N–H and O–H groups in total. The predicted molar refractivity (Wildman–Crippen MR) is 177 cm³/mol. The van der Waals surface area contributed by atoms with Gasteiger partial charge in [0.05, 0.1) is 5.69 Å². The van der Waals surface area contributed by atoms with E-state index >= 15 is 0 Å². The number of hydrogen-bond donors (Lipinski definition) is 1. The van der Waals surface area contributed by atoms with Gasteiger partial charge in [0, 0.05) is 48.3 Å². The van der Waals surface area contributed by atoms with Gasteiger partial charge in [0.1, 0.15) is 12.2 Å². The van der Waals surface area contributed by atoms with Gasteiger partial charge >= 0.3 is 0 Å². The highest BCUT2D eigenvalue weighted by atomic mass is 15.1. The summed E-state index contributed by atoms with van der Waals surface area (Å²) < 4.78 is 0. The lowest BCUT2D eigenvalue weighted by Crippen LogP contribution is -1.92. The minimum absolute atomic E-state index is 0.485.